The van der Waals surface area contributed by atoms with Gasteiger partial charge in [0.05, 0.1) is 6.54 Å². The van der Waals surface area contributed by atoms with E-state index in [2.05, 4.69) is 5.32 Å². The van der Waals surface area contributed by atoms with Crippen molar-refractivity contribution in [3.63, 3.8) is 0 Å². The number of aryl methyl sites for hydroxylation is 1. The van der Waals surface area contributed by atoms with Crippen molar-refractivity contribution < 1.29 is 9.59 Å². The van der Waals surface area contributed by atoms with E-state index in [-0.39, 0.29) is 12.6 Å². The van der Waals surface area contributed by atoms with Crippen LogP contribution >= 0.6 is 0 Å². The number of hydrogen-bond donors (Lipinski definition) is 3. The first kappa shape index (κ1) is 13.2. The summed E-state index contributed by atoms with van der Waals surface area (Å²) in [6, 6.07) is 7.20. The summed E-state index contributed by atoms with van der Waals surface area (Å²) in [5.74, 6) is -0.433. The average Bonchev–Trinajstić information content (AvgIpc) is 2.25. The lowest BCUT2D eigenvalue weighted by atomic mass is 10.1. The fraction of sp³-hybridized carbons (Fsp3) is 0.333. The summed E-state index contributed by atoms with van der Waals surface area (Å²) in [6.45, 7) is 4.01. The lowest BCUT2D eigenvalue weighted by molar-refractivity contribution is -0.119. The van der Waals surface area contributed by atoms with E-state index in [9.17, 15) is 9.59 Å². The molecule has 0 aliphatic heterocycles. The molecule has 3 amide bonds. The summed E-state index contributed by atoms with van der Waals surface area (Å²) < 4.78 is 0. The number of primary amides is 1. The van der Waals surface area contributed by atoms with Gasteiger partial charge in [-0.3, -0.25) is 10.1 Å². The van der Waals surface area contributed by atoms with E-state index in [1.165, 1.54) is 0 Å². The van der Waals surface area contributed by atoms with Crippen LogP contribution in [0.3, 0.4) is 0 Å². The first-order valence-electron chi connectivity index (χ1n) is 5.38. The second-order valence-electron chi connectivity index (χ2n) is 3.93. The number of carbonyl (C=O) groups excluding carboxylic acids is 2. The lowest BCUT2D eigenvalue weighted by Gasteiger charge is -2.14. The van der Waals surface area contributed by atoms with Crippen LogP contribution in [0.2, 0.25) is 0 Å². The fourth-order valence-electron chi connectivity index (χ4n) is 1.48. The molecule has 17 heavy (non-hydrogen) atoms. The summed E-state index contributed by atoms with van der Waals surface area (Å²) in [5, 5.41) is 5.01. The molecule has 0 radical (unpaired) electrons. The van der Waals surface area contributed by atoms with Gasteiger partial charge in [0.1, 0.15) is 0 Å². The molecule has 0 saturated heterocycles. The quantitative estimate of drug-likeness (QED) is 0.723. The Labute approximate surface area is 100 Å². The third-order valence-corrected chi connectivity index (χ3v) is 2.37. The highest BCUT2D eigenvalue weighted by Crippen LogP contribution is 2.13. The van der Waals surface area contributed by atoms with E-state index in [1.54, 1.807) is 0 Å². The van der Waals surface area contributed by atoms with E-state index in [1.807, 2.05) is 43.4 Å². The van der Waals surface area contributed by atoms with Crippen molar-refractivity contribution in [3.8, 4) is 0 Å². The molecule has 1 aromatic carbocycles. The van der Waals surface area contributed by atoms with E-state index in [0.29, 0.717) is 0 Å². The Morgan fingerprint density at radius 2 is 2.12 bits per heavy atom. The van der Waals surface area contributed by atoms with Gasteiger partial charge in [0.25, 0.3) is 0 Å². The van der Waals surface area contributed by atoms with Gasteiger partial charge in [-0.05, 0) is 19.4 Å². The summed E-state index contributed by atoms with van der Waals surface area (Å²) in [4.78, 5) is 21.6. The molecule has 0 aliphatic rings. The van der Waals surface area contributed by atoms with E-state index in [0.717, 1.165) is 11.1 Å². The Bertz CT molecular complexity index is 418. The van der Waals surface area contributed by atoms with Gasteiger partial charge in [0.15, 0.2) is 0 Å². The predicted octanol–water partition coefficient (Wildman–Crippen LogP) is 0.841. The molecule has 0 unspecified atom stereocenters. The molecular formula is C12H17N3O2. The van der Waals surface area contributed by atoms with Crippen molar-refractivity contribution >= 4 is 11.9 Å². The third kappa shape index (κ3) is 4.65. The molecule has 0 heterocycles. The van der Waals surface area contributed by atoms with Crippen LogP contribution in [0.5, 0.6) is 0 Å². The van der Waals surface area contributed by atoms with Crippen LogP contribution in [0.15, 0.2) is 24.3 Å². The van der Waals surface area contributed by atoms with Gasteiger partial charge in [0.2, 0.25) is 5.91 Å². The monoisotopic (exact) mass is 235 g/mol. The van der Waals surface area contributed by atoms with Gasteiger partial charge in [-0.15, -0.1) is 0 Å². The number of benzene rings is 1. The number of urea groups is 1. The Kier molecular flexibility index (Phi) is 4.66. The first-order valence-corrected chi connectivity index (χ1v) is 5.38. The molecule has 0 aromatic heterocycles. The van der Waals surface area contributed by atoms with Gasteiger partial charge in [-0.25, -0.2) is 4.79 Å². The average molecular weight is 235 g/mol. The summed E-state index contributed by atoms with van der Waals surface area (Å²) >= 11 is 0. The standard InChI is InChI=1S/C12H17N3O2/c1-8-4-3-5-10(6-8)9(2)14-7-11(16)15-12(13)17/h3-6,9,14H,7H2,1-2H3,(H3,13,15,16,17)/t9-/m1/s1. The zero-order valence-electron chi connectivity index (χ0n) is 9.99. The van der Waals surface area contributed by atoms with Crippen LogP contribution in [-0.4, -0.2) is 18.5 Å². The fourth-order valence-corrected chi connectivity index (χ4v) is 1.48. The van der Waals surface area contributed by atoms with Gasteiger partial charge >= 0.3 is 6.03 Å². The van der Waals surface area contributed by atoms with Crippen LogP contribution in [-0.2, 0) is 4.79 Å². The van der Waals surface area contributed by atoms with Gasteiger partial charge in [-0.1, -0.05) is 29.8 Å². The van der Waals surface area contributed by atoms with Crippen molar-refractivity contribution in [2.24, 2.45) is 5.73 Å². The molecule has 1 atom stereocenters. The number of amides is 3. The first-order chi connectivity index (χ1) is 7.99. The van der Waals surface area contributed by atoms with Crippen LogP contribution < -0.4 is 16.4 Å². The van der Waals surface area contributed by atoms with Crippen LogP contribution in [0.4, 0.5) is 4.79 Å². The SMILES string of the molecule is Cc1cccc([C@@H](C)NCC(=O)NC(N)=O)c1. The molecule has 0 spiro atoms. The second kappa shape index (κ2) is 6.00. The molecule has 1 rings (SSSR count). The van der Waals surface area contributed by atoms with Crippen molar-refractivity contribution in [3.05, 3.63) is 35.4 Å². The zero-order valence-corrected chi connectivity index (χ0v) is 9.99. The van der Waals surface area contributed by atoms with E-state index in [4.69, 9.17) is 5.73 Å². The largest absolute Gasteiger partial charge is 0.351 e. The molecule has 0 saturated carbocycles. The molecule has 5 heteroatoms. The molecule has 5 nitrogen and oxygen atoms in total. The lowest BCUT2D eigenvalue weighted by Crippen LogP contribution is -2.41. The van der Waals surface area contributed by atoms with Crippen molar-refractivity contribution in [2.45, 2.75) is 19.9 Å². The van der Waals surface area contributed by atoms with Crippen molar-refractivity contribution in [1.29, 1.82) is 0 Å². The predicted molar refractivity (Wildman–Crippen MR) is 65.3 cm³/mol. The molecule has 0 bridgehead atoms. The number of nitrogens with one attached hydrogen (secondary N) is 2. The Morgan fingerprint density at radius 1 is 1.41 bits per heavy atom. The Morgan fingerprint density at radius 3 is 2.71 bits per heavy atom. The van der Waals surface area contributed by atoms with E-state index >= 15 is 0 Å². The van der Waals surface area contributed by atoms with Gasteiger partial charge in [0, 0.05) is 6.04 Å². The minimum absolute atomic E-state index is 0.0357. The molecular weight excluding hydrogens is 218 g/mol. The van der Waals surface area contributed by atoms with Gasteiger partial charge < -0.3 is 11.1 Å². The molecule has 1 aromatic rings. The maximum atomic E-state index is 11.2. The van der Waals surface area contributed by atoms with Crippen LogP contribution in [0, 0.1) is 6.92 Å². The van der Waals surface area contributed by atoms with Crippen LogP contribution in [0.25, 0.3) is 0 Å². The highest BCUT2D eigenvalue weighted by molar-refractivity contribution is 5.94. The minimum atomic E-state index is -0.833. The third-order valence-electron chi connectivity index (χ3n) is 2.37. The number of rotatable bonds is 4. The summed E-state index contributed by atoms with van der Waals surface area (Å²) in [7, 11) is 0. The molecule has 4 N–H and O–H groups in total. The van der Waals surface area contributed by atoms with Crippen LogP contribution in [0.1, 0.15) is 24.1 Å². The highest BCUT2D eigenvalue weighted by atomic mass is 16.2. The highest BCUT2D eigenvalue weighted by Gasteiger charge is 2.08. The maximum absolute atomic E-state index is 11.2. The Hall–Kier alpha value is -1.88. The molecule has 0 aliphatic carbocycles. The topological polar surface area (TPSA) is 84.2 Å². The number of nitrogens with two attached hydrogens (primary N) is 1. The molecule has 92 valence electrons. The summed E-state index contributed by atoms with van der Waals surface area (Å²) in [6.07, 6.45) is 0. The van der Waals surface area contributed by atoms with Gasteiger partial charge in [-0.2, -0.15) is 0 Å². The van der Waals surface area contributed by atoms with Crippen molar-refractivity contribution in [1.82, 2.24) is 10.6 Å². The zero-order chi connectivity index (χ0) is 12.8. The van der Waals surface area contributed by atoms with E-state index < -0.39 is 11.9 Å². The smallest absolute Gasteiger partial charge is 0.318 e. The number of imide groups is 1. The van der Waals surface area contributed by atoms with Crippen molar-refractivity contribution in [2.75, 3.05) is 6.54 Å². The second-order valence-corrected chi connectivity index (χ2v) is 3.93. The number of carbonyl (C=O) groups is 2. The Balaban J connectivity index is 2.47. The summed E-state index contributed by atoms with van der Waals surface area (Å²) in [5.41, 5.74) is 7.09. The number of hydrogen-bond acceptors (Lipinski definition) is 3. The molecule has 0 fully saturated rings. The normalized spacial score (nSPS) is 11.9. The minimum Gasteiger partial charge on any atom is -0.351 e. The maximum Gasteiger partial charge on any atom is 0.318 e.